The lowest BCUT2D eigenvalue weighted by Gasteiger charge is -2.37. The van der Waals surface area contributed by atoms with Gasteiger partial charge in [-0.3, -0.25) is 0 Å². The Morgan fingerprint density at radius 3 is 2.35 bits per heavy atom. The molecule has 0 aliphatic heterocycles. The van der Waals surface area contributed by atoms with E-state index in [1.54, 1.807) is 7.11 Å². The van der Waals surface area contributed by atoms with Crippen LogP contribution >= 0.6 is 0 Å². The van der Waals surface area contributed by atoms with Crippen LogP contribution in [0.15, 0.2) is 30.3 Å². The van der Waals surface area contributed by atoms with Crippen molar-refractivity contribution in [2.45, 2.75) is 69.4 Å². The predicted octanol–water partition coefficient (Wildman–Crippen LogP) is 4.03. The summed E-state index contributed by atoms with van der Waals surface area (Å²) in [5.74, 6) is 0. The molecule has 2 nitrogen and oxygen atoms in total. The van der Waals surface area contributed by atoms with E-state index in [2.05, 4.69) is 44.2 Å². The van der Waals surface area contributed by atoms with E-state index in [0.29, 0.717) is 0 Å². The Balaban J connectivity index is 2.13. The first kappa shape index (κ1) is 15.5. The molecule has 1 aromatic rings. The third kappa shape index (κ3) is 3.24. The molecule has 0 spiro atoms. The summed E-state index contributed by atoms with van der Waals surface area (Å²) in [6.45, 7) is 4.28. The molecule has 0 aromatic heterocycles. The summed E-state index contributed by atoms with van der Waals surface area (Å²) >= 11 is 0. The van der Waals surface area contributed by atoms with Crippen LogP contribution in [0.4, 0.5) is 0 Å². The molecule has 1 atom stereocenters. The number of benzene rings is 1. The second kappa shape index (κ2) is 6.28. The molecule has 2 heteroatoms. The molecule has 1 aliphatic rings. The third-order valence-corrected chi connectivity index (χ3v) is 5.16. The topological polar surface area (TPSA) is 35.2 Å². The van der Waals surface area contributed by atoms with Crippen molar-refractivity contribution >= 4 is 0 Å². The van der Waals surface area contributed by atoms with Gasteiger partial charge in [0, 0.05) is 18.6 Å². The highest BCUT2D eigenvalue weighted by Crippen LogP contribution is 2.44. The zero-order valence-electron chi connectivity index (χ0n) is 13.2. The largest absolute Gasteiger partial charge is 0.379 e. The number of hydrogen-bond donors (Lipinski definition) is 1. The van der Waals surface area contributed by atoms with Crippen molar-refractivity contribution in [2.24, 2.45) is 5.73 Å². The summed E-state index contributed by atoms with van der Waals surface area (Å²) in [7, 11) is 1.79. The third-order valence-electron chi connectivity index (χ3n) is 5.16. The molecule has 1 saturated carbocycles. The van der Waals surface area contributed by atoms with Crippen LogP contribution in [-0.2, 0) is 10.2 Å². The first-order valence-electron chi connectivity index (χ1n) is 7.86. The van der Waals surface area contributed by atoms with Crippen LogP contribution < -0.4 is 5.73 Å². The first-order valence-corrected chi connectivity index (χ1v) is 7.86. The zero-order chi connectivity index (χ0) is 14.6. The average molecular weight is 275 g/mol. The van der Waals surface area contributed by atoms with Gasteiger partial charge in [0.25, 0.3) is 0 Å². The maximum atomic E-state index is 6.65. The lowest BCUT2D eigenvalue weighted by molar-refractivity contribution is 0.0106. The summed E-state index contributed by atoms with van der Waals surface area (Å²) in [5.41, 5.74) is 8.19. The Labute approximate surface area is 123 Å². The summed E-state index contributed by atoms with van der Waals surface area (Å²) in [4.78, 5) is 0. The highest BCUT2D eigenvalue weighted by atomic mass is 16.5. The lowest BCUT2D eigenvalue weighted by Crippen LogP contribution is -2.44. The van der Waals surface area contributed by atoms with Gasteiger partial charge in [-0.25, -0.2) is 0 Å². The number of methoxy groups -OCH3 is 1. The van der Waals surface area contributed by atoms with Crippen molar-refractivity contribution in [1.82, 2.24) is 0 Å². The van der Waals surface area contributed by atoms with Gasteiger partial charge >= 0.3 is 0 Å². The molecule has 1 fully saturated rings. The number of hydrogen-bond acceptors (Lipinski definition) is 2. The molecule has 1 unspecified atom stereocenters. The molecule has 0 radical (unpaired) electrons. The molecule has 20 heavy (non-hydrogen) atoms. The van der Waals surface area contributed by atoms with Gasteiger partial charge in [-0.2, -0.15) is 0 Å². The van der Waals surface area contributed by atoms with Gasteiger partial charge in [-0.05, 0) is 45.1 Å². The van der Waals surface area contributed by atoms with E-state index in [1.165, 1.54) is 31.2 Å². The Morgan fingerprint density at radius 2 is 1.80 bits per heavy atom. The second-order valence-corrected chi connectivity index (χ2v) is 6.84. The maximum absolute atomic E-state index is 6.65. The Hall–Kier alpha value is -0.860. The number of rotatable bonds is 6. The summed E-state index contributed by atoms with van der Waals surface area (Å²) in [6.07, 6.45) is 7.10. The molecular formula is C18H29NO. The van der Waals surface area contributed by atoms with Crippen LogP contribution in [-0.4, -0.2) is 18.8 Å². The Bertz CT molecular complexity index is 407. The fraction of sp³-hybridized carbons (Fsp3) is 0.667. The van der Waals surface area contributed by atoms with Crippen molar-refractivity contribution in [3.63, 3.8) is 0 Å². The van der Waals surface area contributed by atoms with Gasteiger partial charge in [0.05, 0.1) is 5.60 Å². The molecule has 0 amide bonds. The lowest BCUT2D eigenvalue weighted by atomic mass is 9.71. The molecule has 0 bridgehead atoms. The normalized spacial score (nSPS) is 20.0. The minimum absolute atomic E-state index is 0.0753. The van der Waals surface area contributed by atoms with Crippen LogP contribution in [0, 0.1) is 0 Å². The quantitative estimate of drug-likeness (QED) is 0.850. The van der Waals surface area contributed by atoms with E-state index >= 15 is 0 Å². The highest BCUT2D eigenvalue weighted by molar-refractivity contribution is 5.29. The van der Waals surface area contributed by atoms with Crippen LogP contribution in [0.5, 0.6) is 0 Å². The van der Waals surface area contributed by atoms with Crippen molar-refractivity contribution < 1.29 is 4.74 Å². The van der Waals surface area contributed by atoms with Gasteiger partial charge in [-0.1, -0.05) is 43.2 Å². The van der Waals surface area contributed by atoms with Crippen molar-refractivity contribution in [1.29, 1.82) is 0 Å². The molecule has 112 valence electrons. The fourth-order valence-corrected chi connectivity index (χ4v) is 3.53. The van der Waals surface area contributed by atoms with E-state index in [4.69, 9.17) is 10.5 Å². The zero-order valence-corrected chi connectivity index (χ0v) is 13.2. The number of ether oxygens (including phenoxy) is 1. The van der Waals surface area contributed by atoms with Gasteiger partial charge in [0.1, 0.15) is 0 Å². The van der Waals surface area contributed by atoms with E-state index in [-0.39, 0.29) is 17.1 Å². The summed E-state index contributed by atoms with van der Waals surface area (Å²) in [5, 5.41) is 0. The summed E-state index contributed by atoms with van der Waals surface area (Å²) < 4.78 is 5.53. The van der Waals surface area contributed by atoms with Gasteiger partial charge in [0.15, 0.2) is 0 Å². The predicted molar refractivity (Wildman–Crippen MR) is 84.9 cm³/mol. The van der Waals surface area contributed by atoms with E-state index in [9.17, 15) is 0 Å². The van der Waals surface area contributed by atoms with E-state index < -0.39 is 0 Å². The standard InChI is InChI=1S/C18H29NO/c1-17(2,20-3)14-11-16(19)18(12-7-8-13-18)15-9-5-4-6-10-15/h4-6,9-10,16H,7-8,11-14,19H2,1-3H3. The number of nitrogens with two attached hydrogens (primary N) is 1. The monoisotopic (exact) mass is 275 g/mol. The minimum Gasteiger partial charge on any atom is -0.379 e. The van der Waals surface area contributed by atoms with Gasteiger partial charge in [0.2, 0.25) is 0 Å². The van der Waals surface area contributed by atoms with Crippen molar-refractivity contribution in [2.75, 3.05) is 7.11 Å². The molecule has 2 N–H and O–H groups in total. The minimum atomic E-state index is -0.0753. The average Bonchev–Trinajstić information content (AvgIpc) is 2.97. The molecule has 1 aliphatic carbocycles. The molecule has 2 rings (SSSR count). The molecule has 1 aromatic carbocycles. The highest BCUT2D eigenvalue weighted by Gasteiger charge is 2.41. The second-order valence-electron chi connectivity index (χ2n) is 6.84. The first-order chi connectivity index (χ1) is 9.50. The van der Waals surface area contributed by atoms with E-state index in [0.717, 1.165) is 12.8 Å². The summed E-state index contributed by atoms with van der Waals surface area (Å²) in [6, 6.07) is 11.1. The fourth-order valence-electron chi connectivity index (χ4n) is 3.53. The Morgan fingerprint density at radius 1 is 1.20 bits per heavy atom. The smallest absolute Gasteiger partial charge is 0.0623 e. The van der Waals surface area contributed by atoms with Crippen LogP contribution in [0.1, 0.15) is 57.9 Å². The van der Waals surface area contributed by atoms with E-state index in [1.807, 2.05) is 0 Å². The molecule has 0 heterocycles. The molecular weight excluding hydrogens is 246 g/mol. The van der Waals surface area contributed by atoms with Crippen LogP contribution in [0.25, 0.3) is 0 Å². The van der Waals surface area contributed by atoms with Gasteiger partial charge in [-0.15, -0.1) is 0 Å². The van der Waals surface area contributed by atoms with Crippen molar-refractivity contribution in [3.8, 4) is 0 Å². The Kier molecular flexibility index (Phi) is 4.87. The van der Waals surface area contributed by atoms with Crippen LogP contribution in [0.3, 0.4) is 0 Å². The maximum Gasteiger partial charge on any atom is 0.0623 e. The van der Waals surface area contributed by atoms with Gasteiger partial charge < -0.3 is 10.5 Å². The van der Waals surface area contributed by atoms with Crippen LogP contribution in [0.2, 0.25) is 0 Å². The SMILES string of the molecule is COC(C)(C)CCC(N)C1(c2ccccc2)CCCC1. The molecule has 0 saturated heterocycles. The van der Waals surface area contributed by atoms with Crippen molar-refractivity contribution in [3.05, 3.63) is 35.9 Å².